The summed E-state index contributed by atoms with van der Waals surface area (Å²) in [6.07, 6.45) is 11.2. The lowest BCUT2D eigenvalue weighted by molar-refractivity contribution is -0.135. The largest absolute Gasteiger partial charge is 0.381 e. The molecule has 0 N–H and O–H groups in total. The fraction of sp³-hybridized carbons (Fsp3) is 0.952. The van der Waals surface area contributed by atoms with Crippen LogP contribution in [0.1, 0.15) is 64.7 Å². The van der Waals surface area contributed by atoms with Crippen molar-refractivity contribution in [2.24, 2.45) is 17.3 Å². The lowest BCUT2D eigenvalue weighted by Gasteiger charge is -2.42. The Morgan fingerprint density at radius 3 is 2.32 bits per heavy atom. The summed E-state index contributed by atoms with van der Waals surface area (Å²) in [4.78, 5) is 17.8. The van der Waals surface area contributed by atoms with Crippen LogP contribution in [0.5, 0.6) is 0 Å². The zero-order valence-electron chi connectivity index (χ0n) is 16.2. The van der Waals surface area contributed by atoms with Gasteiger partial charge in [-0.1, -0.05) is 6.92 Å². The average molecular weight is 349 g/mol. The minimum absolute atomic E-state index is 0.291. The molecule has 2 saturated carbocycles. The van der Waals surface area contributed by atoms with E-state index in [0.29, 0.717) is 23.3 Å². The van der Waals surface area contributed by atoms with Crippen LogP contribution in [0.3, 0.4) is 0 Å². The van der Waals surface area contributed by atoms with Gasteiger partial charge in [0, 0.05) is 51.4 Å². The van der Waals surface area contributed by atoms with Crippen molar-refractivity contribution in [3.63, 3.8) is 0 Å². The lowest BCUT2D eigenvalue weighted by Crippen LogP contribution is -2.49. The Kier molecular flexibility index (Phi) is 5.11. The van der Waals surface area contributed by atoms with Crippen LogP contribution in [0.4, 0.5) is 0 Å². The number of hydrogen-bond acceptors (Lipinski definition) is 3. The molecule has 0 aromatic heterocycles. The summed E-state index contributed by atoms with van der Waals surface area (Å²) in [6.45, 7) is 6.47. The summed E-state index contributed by atoms with van der Waals surface area (Å²) in [5, 5.41) is 0. The van der Waals surface area contributed by atoms with Gasteiger partial charge < -0.3 is 14.5 Å². The van der Waals surface area contributed by atoms with Crippen LogP contribution in [0.25, 0.3) is 0 Å². The molecule has 2 heterocycles. The molecule has 2 saturated heterocycles. The van der Waals surface area contributed by atoms with Crippen LogP contribution in [0, 0.1) is 17.3 Å². The molecule has 0 aromatic rings. The number of nitrogens with zero attached hydrogens (tertiary/aromatic N) is 2. The molecule has 1 spiro atoms. The second kappa shape index (κ2) is 7.19. The smallest absolute Gasteiger partial charge is 0.226 e. The number of ether oxygens (including phenoxy) is 1. The van der Waals surface area contributed by atoms with Gasteiger partial charge >= 0.3 is 0 Å². The lowest BCUT2D eigenvalue weighted by atomic mass is 9.85. The highest BCUT2D eigenvalue weighted by Gasteiger charge is 2.59. The number of piperidine rings is 1. The minimum atomic E-state index is 0.291. The van der Waals surface area contributed by atoms with Gasteiger partial charge in [0.05, 0.1) is 0 Å². The van der Waals surface area contributed by atoms with Crippen molar-refractivity contribution >= 4 is 5.91 Å². The predicted octanol–water partition coefficient (Wildman–Crippen LogP) is 3.30. The Morgan fingerprint density at radius 2 is 1.68 bits per heavy atom. The fourth-order valence-corrected chi connectivity index (χ4v) is 5.70. The van der Waals surface area contributed by atoms with Crippen LogP contribution in [0.15, 0.2) is 0 Å². The molecule has 4 aliphatic rings. The van der Waals surface area contributed by atoms with Crippen LogP contribution in [0.2, 0.25) is 0 Å². The third-order valence-corrected chi connectivity index (χ3v) is 7.87. The Bertz CT molecular complexity index is 472. The van der Waals surface area contributed by atoms with E-state index < -0.39 is 0 Å². The molecule has 4 rings (SSSR count). The van der Waals surface area contributed by atoms with E-state index in [9.17, 15) is 4.79 Å². The minimum Gasteiger partial charge on any atom is -0.381 e. The summed E-state index contributed by atoms with van der Waals surface area (Å²) in [5.41, 5.74) is 0.309. The number of likely N-dealkylation sites (tertiary alicyclic amines) is 1. The van der Waals surface area contributed by atoms with Crippen LogP contribution in [-0.4, -0.2) is 61.1 Å². The SMILES string of the molecule is CC1CCC(N2CCC(N(C)C(=O)C3CC34CCOCC4)CC2)CC1. The standard InChI is InChI=1S/C21H36N2O2/c1-16-3-5-18(6-4-16)23-11-7-17(8-12-23)22(2)20(24)19-15-21(19)9-13-25-14-10-21/h16-19H,3-15H2,1-2H3. The highest BCUT2D eigenvalue weighted by atomic mass is 16.5. The molecule has 2 aliphatic heterocycles. The molecule has 1 unspecified atom stereocenters. The Morgan fingerprint density at radius 1 is 1.04 bits per heavy atom. The third kappa shape index (κ3) is 3.62. The first-order valence-corrected chi connectivity index (χ1v) is 10.7. The number of rotatable bonds is 3. The molecule has 4 heteroatoms. The second-order valence-corrected chi connectivity index (χ2v) is 9.36. The van der Waals surface area contributed by atoms with Gasteiger partial charge in [-0.3, -0.25) is 4.79 Å². The van der Waals surface area contributed by atoms with Gasteiger partial charge in [0.25, 0.3) is 0 Å². The van der Waals surface area contributed by atoms with E-state index in [1.165, 1.54) is 38.8 Å². The first kappa shape index (κ1) is 17.8. The summed E-state index contributed by atoms with van der Waals surface area (Å²) in [6, 6.07) is 1.27. The summed E-state index contributed by atoms with van der Waals surface area (Å²) in [5.74, 6) is 1.64. The van der Waals surface area contributed by atoms with E-state index in [1.807, 2.05) is 0 Å². The van der Waals surface area contributed by atoms with Crippen molar-refractivity contribution in [2.45, 2.75) is 76.8 Å². The Hall–Kier alpha value is -0.610. The monoisotopic (exact) mass is 348 g/mol. The summed E-state index contributed by atoms with van der Waals surface area (Å²) >= 11 is 0. The molecule has 25 heavy (non-hydrogen) atoms. The highest BCUT2D eigenvalue weighted by Crippen LogP contribution is 2.59. The maximum atomic E-state index is 13.0. The zero-order chi connectivity index (χ0) is 17.4. The highest BCUT2D eigenvalue weighted by molar-refractivity contribution is 5.82. The molecular formula is C21H36N2O2. The van der Waals surface area contributed by atoms with Crippen molar-refractivity contribution in [2.75, 3.05) is 33.4 Å². The molecular weight excluding hydrogens is 312 g/mol. The van der Waals surface area contributed by atoms with Gasteiger partial charge in [-0.25, -0.2) is 0 Å². The van der Waals surface area contributed by atoms with Gasteiger partial charge in [-0.2, -0.15) is 0 Å². The van der Waals surface area contributed by atoms with E-state index in [1.54, 1.807) is 0 Å². The van der Waals surface area contributed by atoms with E-state index in [0.717, 1.165) is 57.3 Å². The second-order valence-electron chi connectivity index (χ2n) is 9.36. The first-order valence-electron chi connectivity index (χ1n) is 10.7. The maximum absolute atomic E-state index is 13.0. The Labute approximate surface area is 153 Å². The third-order valence-electron chi connectivity index (χ3n) is 7.87. The number of carbonyl (C=O) groups is 1. The quantitative estimate of drug-likeness (QED) is 0.784. The molecule has 0 aromatic carbocycles. The van der Waals surface area contributed by atoms with Crippen molar-refractivity contribution in [1.82, 2.24) is 9.80 Å². The van der Waals surface area contributed by atoms with Gasteiger partial charge in [-0.05, 0) is 69.1 Å². The van der Waals surface area contributed by atoms with E-state index in [2.05, 4.69) is 23.8 Å². The normalized spacial score (nSPS) is 36.3. The maximum Gasteiger partial charge on any atom is 0.226 e. The Balaban J connectivity index is 1.25. The molecule has 142 valence electrons. The molecule has 0 bridgehead atoms. The summed E-state index contributed by atoms with van der Waals surface area (Å²) < 4.78 is 5.50. The van der Waals surface area contributed by atoms with E-state index >= 15 is 0 Å². The van der Waals surface area contributed by atoms with Crippen LogP contribution in [-0.2, 0) is 9.53 Å². The van der Waals surface area contributed by atoms with Crippen molar-refractivity contribution in [3.05, 3.63) is 0 Å². The number of amides is 1. The summed E-state index contributed by atoms with van der Waals surface area (Å²) in [7, 11) is 2.07. The fourth-order valence-electron chi connectivity index (χ4n) is 5.70. The van der Waals surface area contributed by atoms with E-state index in [4.69, 9.17) is 4.74 Å². The molecule has 4 nitrogen and oxygen atoms in total. The first-order chi connectivity index (χ1) is 12.1. The predicted molar refractivity (Wildman–Crippen MR) is 99.4 cm³/mol. The number of carbonyl (C=O) groups excluding carboxylic acids is 1. The topological polar surface area (TPSA) is 32.8 Å². The zero-order valence-corrected chi connectivity index (χ0v) is 16.2. The molecule has 1 amide bonds. The number of hydrogen-bond donors (Lipinski definition) is 0. The van der Waals surface area contributed by atoms with Gasteiger partial charge in [0.15, 0.2) is 0 Å². The van der Waals surface area contributed by atoms with Gasteiger partial charge in [0.2, 0.25) is 5.91 Å². The molecule has 0 radical (unpaired) electrons. The van der Waals surface area contributed by atoms with Crippen molar-refractivity contribution in [1.29, 1.82) is 0 Å². The van der Waals surface area contributed by atoms with Crippen molar-refractivity contribution < 1.29 is 9.53 Å². The average Bonchev–Trinajstić information content (AvgIpc) is 3.34. The van der Waals surface area contributed by atoms with Crippen molar-refractivity contribution in [3.8, 4) is 0 Å². The molecule has 1 atom stereocenters. The molecule has 4 fully saturated rings. The van der Waals surface area contributed by atoms with Crippen LogP contribution >= 0.6 is 0 Å². The molecule has 2 aliphatic carbocycles. The van der Waals surface area contributed by atoms with Gasteiger partial charge in [-0.15, -0.1) is 0 Å². The van der Waals surface area contributed by atoms with E-state index in [-0.39, 0.29) is 0 Å². The van der Waals surface area contributed by atoms with Crippen LogP contribution < -0.4 is 0 Å². The van der Waals surface area contributed by atoms with Gasteiger partial charge in [0.1, 0.15) is 0 Å².